The van der Waals surface area contributed by atoms with E-state index in [1.54, 1.807) is 12.1 Å². The van der Waals surface area contributed by atoms with Crippen molar-refractivity contribution in [3.05, 3.63) is 34.1 Å². The molecule has 1 nitrogen and oxygen atoms in total. The molecule has 0 aliphatic heterocycles. The van der Waals surface area contributed by atoms with Crippen LogP contribution in [0.1, 0.15) is 18.4 Å². The van der Waals surface area contributed by atoms with Crippen LogP contribution < -0.4 is 0 Å². The van der Waals surface area contributed by atoms with Crippen LogP contribution in [-0.2, 0) is 10.2 Å². The molecule has 0 bridgehead atoms. The molecule has 3 heteroatoms. The van der Waals surface area contributed by atoms with Crippen LogP contribution >= 0.6 is 15.9 Å². The van der Waals surface area contributed by atoms with Crippen molar-refractivity contribution < 1.29 is 9.18 Å². The number of aldehydes is 1. The first-order chi connectivity index (χ1) is 6.18. The molecule has 1 aromatic rings. The maximum absolute atomic E-state index is 13.1. The standard InChI is InChI=1S/C10H8BrFO/c11-8-2-1-7(5-9(8)12)10(6-13)3-4-10/h1-2,5-6H,3-4H2. The highest BCUT2D eigenvalue weighted by atomic mass is 79.9. The molecule has 0 radical (unpaired) electrons. The van der Waals surface area contributed by atoms with Crippen LogP contribution in [0, 0.1) is 5.82 Å². The SMILES string of the molecule is O=CC1(c2ccc(Br)c(F)c2)CC1. The molecular formula is C10H8BrFO. The molecule has 0 unspecified atom stereocenters. The van der Waals surface area contributed by atoms with Gasteiger partial charge in [-0.15, -0.1) is 0 Å². The summed E-state index contributed by atoms with van der Waals surface area (Å²) in [6, 6.07) is 4.88. The van der Waals surface area contributed by atoms with Crippen molar-refractivity contribution in [2.45, 2.75) is 18.3 Å². The van der Waals surface area contributed by atoms with E-state index in [2.05, 4.69) is 15.9 Å². The average molecular weight is 243 g/mol. The Kier molecular flexibility index (Phi) is 1.99. The maximum atomic E-state index is 13.1. The first-order valence-corrected chi connectivity index (χ1v) is 4.89. The third kappa shape index (κ3) is 1.41. The van der Waals surface area contributed by atoms with Gasteiger partial charge in [-0.2, -0.15) is 0 Å². The van der Waals surface area contributed by atoms with Crippen LogP contribution in [0.15, 0.2) is 22.7 Å². The minimum absolute atomic E-state index is 0.300. The fraction of sp³-hybridized carbons (Fsp3) is 0.300. The van der Waals surface area contributed by atoms with Crippen LogP contribution in [0.2, 0.25) is 0 Å². The van der Waals surface area contributed by atoms with Gasteiger partial charge in [0.25, 0.3) is 0 Å². The molecule has 0 N–H and O–H groups in total. The second kappa shape index (κ2) is 2.91. The number of benzene rings is 1. The highest BCUT2D eigenvalue weighted by Crippen LogP contribution is 2.46. The number of hydrogen-bond acceptors (Lipinski definition) is 1. The fourth-order valence-corrected chi connectivity index (χ4v) is 1.66. The van der Waals surface area contributed by atoms with Crippen molar-refractivity contribution in [2.75, 3.05) is 0 Å². The summed E-state index contributed by atoms with van der Waals surface area (Å²) in [6.07, 6.45) is 2.62. The maximum Gasteiger partial charge on any atom is 0.137 e. The predicted molar refractivity (Wildman–Crippen MR) is 51.1 cm³/mol. The zero-order chi connectivity index (χ0) is 9.47. The Balaban J connectivity index is 2.42. The molecule has 1 aliphatic carbocycles. The van der Waals surface area contributed by atoms with Crippen molar-refractivity contribution >= 4 is 22.2 Å². The minimum atomic E-state index is -0.373. The molecule has 1 aromatic carbocycles. The first kappa shape index (κ1) is 8.88. The summed E-state index contributed by atoms with van der Waals surface area (Å²) >= 11 is 3.08. The van der Waals surface area contributed by atoms with Gasteiger partial charge in [-0.1, -0.05) is 6.07 Å². The Morgan fingerprint density at radius 3 is 2.62 bits per heavy atom. The van der Waals surface area contributed by atoms with Gasteiger partial charge < -0.3 is 4.79 Å². The second-order valence-corrected chi connectivity index (χ2v) is 4.26. The summed E-state index contributed by atoms with van der Waals surface area (Å²) in [4.78, 5) is 10.8. The topological polar surface area (TPSA) is 17.1 Å². The molecule has 13 heavy (non-hydrogen) atoms. The Hall–Kier alpha value is -0.700. The number of rotatable bonds is 2. The van der Waals surface area contributed by atoms with Crippen molar-refractivity contribution in [3.63, 3.8) is 0 Å². The zero-order valence-electron chi connectivity index (χ0n) is 6.89. The van der Waals surface area contributed by atoms with E-state index in [4.69, 9.17) is 0 Å². The Bertz CT molecular complexity index is 358. The van der Waals surface area contributed by atoms with Crippen LogP contribution in [0.4, 0.5) is 4.39 Å². The molecular weight excluding hydrogens is 235 g/mol. The second-order valence-electron chi connectivity index (χ2n) is 3.40. The van der Waals surface area contributed by atoms with E-state index in [1.165, 1.54) is 6.07 Å². The summed E-state index contributed by atoms with van der Waals surface area (Å²) in [5.74, 6) is -0.300. The molecule has 1 aliphatic rings. The molecule has 0 amide bonds. The van der Waals surface area contributed by atoms with Crippen LogP contribution in [0.25, 0.3) is 0 Å². The van der Waals surface area contributed by atoms with E-state index in [-0.39, 0.29) is 11.2 Å². The third-order valence-corrected chi connectivity index (χ3v) is 3.15. The molecule has 0 heterocycles. The lowest BCUT2D eigenvalue weighted by Crippen LogP contribution is -2.07. The van der Waals surface area contributed by atoms with Gasteiger partial charge in [0.1, 0.15) is 12.1 Å². The van der Waals surface area contributed by atoms with Crippen molar-refractivity contribution in [1.29, 1.82) is 0 Å². The number of hydrogen-bond donors (Lipinski definition) is 0. The van der Waals surface area contributed by atoms with Crippen LogP contribution in [-0.4, -0.2) is 6.29 Å². The molecule has 2 rings (SSSR count). The monoisotopic (exact) mass is 242 g/mol. The van der Waals surface area contributed by atoms with Gasteiger partial charge in [0.05, 0.1) is 9.89 Å². The lowest BCUT2D eigenvalue weighted by Gasteiger charge is -2.07. The van der Waals surface area contributed by atoms with Gasteiger partial charge in [-0.05, 0) is 46.5 Å². The Morgan fingerprint density at radius 1 is 1.46 bits per heavy atom. The summed E-state index contributed by atoms with van der Waals surface area (Å²) in [5.41, 5.74) is 0.421. The first-order valence-electron chi connectivity index (χ1n) is 4.10. The highest BCUT2D eigenvalue weighted by molar-refractivity contribution is 9.10. The zero-order valence-corrected chi connectivity index (χ0v) is 8.47. The number of halogens is 2. The van der Waals surface area contributed by atoms with Crippen LogP contribution in [0.3, 0.4) is 0 Å². The molecule has 1 fully saturated rings. The highest BCUT2D eigenvalue weighted by Gasteiger charge is 2.44. The van der Waals surface area contributed by atoms with E-state index in [0.29, 0.717) is 4.47 Å². The molecule has 0 saturated heterocycles. The van der Waals surface area contributed by atoms with E-state index in [0.717, 1.165) is 24.7 Å². The van der Waals surface area contributed by atoms with Gasteiger partial charge in [-0.3, -0.25) is 0 Å². The normalized spacial score (nSPS) is 18.3. The predicted octanol–water partition coefficient (Wildman–Crippen LogP) is 2.82. The van der Waals surface area contributed by atoms with Crippen molar-refractivity contribution in [2.24, 2.45) is 0 Å². The summed E-state index contributed by atoms with van der Waals surface area (Å²) in [7, 11) is 0. The largest absolute Gasteiger partial charge is 0.302 e. The Morgan fingerprint density at radius 2 is 2.15 bits per heavy atom. The van der Waals surface area contributed by atoms with E-state index < -0.39 is 0 Å². The van der Waals surface area contributed by atoms with Gasteiger partial charge in [0.2, 0.25) is 0 Å². The van der Waals surface area contributed by atoms with E-state index >= 15 is 0 Å². The lowest BCUT2D eigenvalue weighted by atomic mass is 9.98. The summed E-state index contributed by atoms with van der Waals surface area (Å²) in [5, 5.41) is 0. The molecule has 1 saturated carbocycles. The molecule has 0 spiro atoms. The Labute approximate surface area is 84.1 Å². The minimum Gasteiger partial charge on any atom is -0.302 e. The van der Waals surface area contributed by atoms with E-state index in [1.807, 2.05) is 0 Å². The van der Waals surface area contributed by atoms with Gasteiger partial charge >= 0.3 is 0 Å². The lowest BCUT2D eigenvalue weighted by molar-refractivity contribution is -0.109. The van der Waals surface area contributed by atoms with Gasteiger partial charge in [0.15, 0.2) is 0 Å². The summed E-state index contributed by atoms with van der Waals surface area (Å²) in [6.45, 7) is 0. The average Bonchev–Trinajstić information content (AvgIpc) is 2.90. The molecule has 0 aromatic heterocycles. The number of carbonyl (C=O) groups excluding carboxylic acids is 1. The fourth-order valence-electron chi connectivity index (χ4n) is 1.42. The number of carbonyl (C=O) groups is 1. The van der Waals surface area contributed by atoms with Gasteiger partial charge in [-0.25, -0.2) is 4.39 Å². The molecule has 0 atom stereocenters. The quantitative estimate of drug-likeness (QED) is 0.730. The smallest absolute Gasteiger partial charge is 0.137 e. The third-order valence-electron chi connectivity index (χ3n) is 2.51. The van der Waals surface area contributed by atoms with E-state index in [9.17, 15) is 9.18 Å². The van der Waals surface area contributed by atoms with Crippen LogP contribution in [0.5, 0.6) is 0 Å². The van der Waals surface area contributed by atoms with Crippen molar-refractivity contribution in [1.82, 2.24) is 0 Å². The summed E-state index contributed by atoms with van der Waals surface area (Å²) < 4.78 is 13.6. The van der Waals surface area contributed by atoms with Gasteiger partial charge in [0, 0.05) is 0 Å². The van der Waals surface area contributed by atoms with Crippen molar-refractivity contribution in [3.8, 4) is 0 Å². The molecule has 68 valence electrons.